The molecular formula is C24H26Cl2N4O6. The van der Waals surface area contributed by atoms with Crippen molar-refractivity contribution in [3.05, 3.63) is 52.0 Å². The van der Waals surface area contributed by atoms with Crippen LogP contribution in [0.15, 0.2) is 41.5 Å². The minimum Gasteiger partial charge on any atom is -0.490 e. The molecule has 192 valence electrons. The van der Waals surface area contributed by atoms with E-state index >= 15 is 0 Å². The number of hydrogen-bond acceptors (Lipinski definition) is 7. The molecule has 1 aliphatic rings. The van der Waals surface area contributed by atoms with Crippen molar-refractivity contribution >= 4 is 52.8 Å². The van der Waals surface area contributed by atoms with Crippen LogP contribution in [-0.2, 0) is 19.1 Å². The molecule has 0 aromatic heterocycles. The first kappa shape index (κ1) is 27.3. The normalized spacial score (nSPS) is 14.9. The van der Waals surface area contributed by atoms with Crippen molar-refractivity contribution in [1.29, 1.82) is 0 Å². The molecule has 1 fully saturated rings. The van der Waals surface area contributed by atoms with Crippen LogP contribution in [-0.4, -0.2) is 56.4 Å². The zero-order valence-corrected chi connectivity index (χ0v) is 21.0. The Morgan fingerprint density at radius 2 is 1.94 bits per heavy atom. The summed E-state index contributed by atoms with van der Waals surface area (Å²) < 4.78 is 16.6. The van der Waals surface area contributed by atoms with Gasteiger partial charge in [0.1, 0.15) is 0 Å². The first-order valence-electron chi connectivity index (χ1n) is 11.2. The monoisotopic (exact) mass is 536 g/mol. The number of carbonyl (C=O) groups excluding carboxylic acids is 3. The van der Waals surface area contributed by atoms with E-state index in [9.17, 15) is 14.4 Å². The minimum atomic E-state index is -0.888. The third kappa shape index (κ3) is 8.40. The van der Waals surface area contributed by atoms with Crippen molar-refractivity contribution in [2.75, 3.05) is 31.7 Å². The standard InChI is InChI=1S/C24H26Cl2N4O6/c1-2-34-21-10-15(12-28-30-24(33)23(32)27-13-17-4-3-9-35-17)5-8-20(21)36-14-22(31)29-19-7-6-16(25)11-18(19)26/h5-8,10-12,17H,2-4,9,13-14H2,1H3,(H,27,32)(H,29,31)(H,30,33)/b28-12-/t17-/m0/s1. The van der Waals surface area contributed by atoms with E-state index in [1.807, 2.05) is 0 Å². The number of hydrazone groups is 1. The average molecular weight is 537 g/mol. The van der Waals surface area contributed by atoms with Crippen LogP contribution in [0.3, 0.4) is 0 Å². The molecule has 12 heteroatoms. The third-order valence-electron chi connectivity index (χ3n) is 4.93. The summed E-state index contributed by atoms with van der Waals surface area (Å²) >= 11 is 11.9. The Morgan fingerprint density at radius 1 is 1.11 bits per heavy atom. The van der Waals surface area contributed by atoms with E-state index in [1.54, 1.807) is 37.3 Å². The molecule has 0 saturated carbocycles. The molecule has 2 aromatic carbocycles. The average Bonchev–Trinajstić information content (AvgIpc) is 3.37. The number of halogens is 2. The molecule has 0 radical (unpaired) electrons. The molecule has 1 aliphatic heterocycles. The summed E-state index contributed by atoms with van der Waals surface area (Å²) in [4.78, 5) is 36.0. The van der Waals surface area contributed by atoms with E-state index in [0.717, 1.165) is 12.8 Å². The van der Waals surface area contributed by atoms with Crippen LogP contribution in [0.4, 0.5) is 5.69 Å². The van der Waals surface area contributed by atoms with Gasteiger partial charge in [0.05, 0.1) is 29.6 Å². The summed E-state index contributed by atoms with van der Waals surface area (Å²) in [5.74, 6) is -1.39. The molecule has 1 saturated heterocycles. The van der Waals surface area contributed by atoms with Crippen molar-refractivity contribution in [2.45, 2.75) is 25.9 Å². The number of nitrogens with zero attached hydrogens (tertiary/aromatic N) is 1. The first-order valence-corrected chi connectivity index (χ1v) is 12.0. The topological polar surface area (TPSA) is 127 Å². The molecule has 1 heterocycles. The SMILES string of the molecule is CCOc1cc(/C=N\NC(=O)C(=O)NC[C@@H]2CCCO2)ccc1OCC(=O)Nc1ccc(Cl)cc1Cl. The zero-order valence-electron chi connectivity index (χ0n) is 19.5. The van der Waals surface area contributed by atoms with Gasteiger partial charge < -0.3 is 24.8 Å². The summed E-state index contributed by atoms with van der Waals surface area (Å²) in [7, 11) is 0. The molecule has 3 N–H and O–H groups in total. The molecule has 3 rings (SSSR count). The van der Waals surface area contributed by atoms with Crippen molar-refractivity contribution in [3.8, 4) is 11.5 Å². The van der Waals surface area contributed by atoms with Gasteiger partial charge in [-0.1, -0.05) is 23.2 Å². The molecule has 0 unspecified atom stereocenters. The van der Waals surface area contributed by atoms with Crippen molar-refractivity contribution in [2.24, 2.45) is 5.10 Å². The van der Waals surface area contributed by atoms with Gasteiger partial charge in [-0.25, -0.2) is 5.43 Å². The van der Waals surface area contributed by atoms with Crippen LogP contribution in [0.5, 0.6) is 11.5 Å². The van der Waals surface area contributed by atoms with Gasteiger partial charge in [-0.2, -0.15) is 5.10 Å². The smallest absolute Gasteiger partial charge is 0.329 e. The van der Waals surface area contributed by atoms with E-state index in [0.29, 0.717) is 46.0 Å². The Morgan fingerprint density at radius 3 is 2.67 bits per heavy atom. The Balaban J connectivity index is 1.52. The molecule has 3 amide bonds. The van der Waals surface area contributed by atoms with Gasteiger partial charge in [0.2, 0.25) is 0 Å². The van der Waals surface area contributed by atoms with Crippen LogP contribution >= 0.6 is 23.2 Å². The lowest BCUT2D eigenvalue weighted by atomic mass is 10.2. The maximum Gasteiger partial charge on any atom is 0.329 e. The third-order valence-corrected chi connectivity index (χ3v) is 5.48. The minimum absolute atomic E-state index is 0.0655. The van der Waals surface area contributed by atoms with Crippen LogP contribution in [0.2, 0.25) is 10.0 Å². The summed E-state index contributed by atoms with van der Waals surface area (Å²) in [6, 6.07) is 9.60. The van der Waals surface area contributed by atoms with Crippen molar-refractivity contribution < 1.29 is 28.6 Å². The largest absolute Gasteiger partial charge is 0.490 e. The summed E-state index contributed by atoms with van der Waals surface area (Å²) in [6.07, 6.45) is 3.08. The predicted octanol–water partition coefficient (Wildman–Crippen LogP) is 3.15. The molecule has 10 nitrogen and oxygen atoms in total. The van der Waals surface area contributed by atoms with Gasteiger partial charge in [-0.3, -0.25) is 14.4 Å². The molecule has 0 spiro atoms. The Labute approximate surface area is 218 Å². The number of ether oxygens (including phenoxy) is 3. The Kier molecular flexibility index (Phi) is 10.3. The fourth-order valence-corrected chi connectivity index (χ4v) is 3.68. The first-order chi connectivity index (χ1) is 17.4. The fraction of sp³-hybridized carbons (Fsp3) is 0.333. The quantitative estimate of drug-likeness (QED) is 0.243. The van der Waals surface area contributed by atoms with Gasteiger partial charge in [-0.05, 0) is 61.7 Å². The van der Waals surface area contributed by atoms with Crippen molar-refractivity contribution in [1.82, 2.24) is 10.7 Å². The van der Waals surface area contributed by atoms with E-state index in [1.165, 1.54) is 12.3 Å². The van der Waals surface area contributed by atoms with E-state index in [-0.39, 0.29) is 19.3 Å². The van der Waals surface area contributed by atoms with Crippen LogP contribution in [0.1, 0.15) is 25.3 Å². The maximum atomic E-state index is 12.3. The number of carbonyl (C=O) groups is 3. The lowest BCUT2D eigenvalue weighted by Gasteiger charge is -2.13. The lowest BCUT2D eigenvalue weighted by Crippen LogP contribution is -2.41. The van der Waals surface area contributed by atoms with Crippen LogP contribution in [0.25, 0.3) is 0 Å². The van der Waals surface area contributed by atoms with Crippen LogP contribution < -0.4 is 25.5 Å². The van der Waals surface area contributed by atoms with E-state index < -0.39 is 17.7 Å². The zero-order chi connectivity index (χ0) is 25.9. The number of hydrogen-bond donors (Lipinski definition) is 3. The second-order valence-electron chi connectivity index (χ2n) is 7.64. The summed E-state index contributed by atoms with van der Waals surface area (Å²) in [5, 5.41) is 9.74. The highest BCUT2D eigenvalue weighted by molar-refractivity contribution is 6.36. The number of nitrogens with one attached hydrogen (secondary N) is 3. The highest BCUT2D eigenvalue weighted by atomic mass is 35.5. The second kappa shape index (κ2) is 13.7. The Hall–Kier alpha value is -3.34. The number of amides is 3. The molecular weight excluding hydrogens is 511 g/mol. The summed E-state index contributed by atoms with van der Waals surface area (Å²) in [6.45, 7) is 2.81. The predicted molar refractivity (Wildman–Crippen MR) is 136 cm³/mol. The molecule has 0 aliphatic carbocycles. The number of benzene rings is 2. The highest BCUT2D eigenvalue weighted by Crippen LogP contribution is 2.29. The van der Waals surface area contributed by atoms with Crippen molar-refractivity contribution in [3.63, 3.8) is 0 Å². The van der Waals surface area contributed by atoms with Gasteiger partial charge in [-0.15, -0.1) is 0 Å². The van der Waals surface area contributed by atoms with Gasteiger partial charge >= 0.3 is 11.8 Å². The second-order valence-corrected chi connectivity index (χ2v) is 8.49. The van der Waals surface area contributed by atoms with Gasteiger partial charge in [0.15, 0.2) is 18.1 Å². The number of anilines is 1. The Bertz CT molecular complexity index is 1120. The fourth-order valence-electron chi connectivity index (χ4n) is 3.22. The molecule has 2 aromatic rings. The molecule has 0 bridgehead atoms. The highest BCUT2D eigenvalue weighted by Gasteiger charge is 2.19. The lowest BCUT2D eigenvalue weighted by molar-refractivity contribution is -0.139. The van der Waals surface area contributed by atoms with Gasteiger partial charge in [0, 0.05) is 18.2 Å². The maximum absolute atomic E-state index is 12.3. The van der Waals surface area contributed by atoms with E-state index in [2.05, 4.69) is 21.2 Å². The van der Waals surface area contributed by atoms with E-state index in [4.69, 9.17) is 37.4 Å². The molecule has 36 heavy (non-hydrogen) atoms. The number of rotatable bonds is 10. The van der Waals surface area contributed by atoms with Crippen LogP contribution in [0, 0.1) is 0 Å². The summed E-state index contributed by atoms with van der Waals surface area (Å²) in [5.41, 5.74) is 3.16. The van der Waals surface area contributed by atoms with Gasteiger partial charge in [0.25, 0.3) is 5.91 Å². The molecule has 1 atom stereocenters.